The Morgan fingerprint density at radius 2 is 0.982 bits per heavy atom. The van der Waals surface area contributed by atoms with Gasteiger partial charge in [0.05, 0.1) is 16.8 Å². The molecule has 1 atom stereocenters. The lowest BCUT2D eigenvalue weighted by molar-refractivity contribution is 0.432. The summed E-state index contributed by atoms with van der Waals surface area (Å²) >= 11 is 0. The van der Waals surface area contributed by atoms with Gasteiger partial charge in [0.15, 0.2) is 5.82 Å². The van der Waals surface area contributed by atoms with E-state index >= 15 is 0 Å². The van der Waals surface area contributed by atoms with Gasteiger partial charge in [0.1, 0.15) is 11.5 Å². The first-order chi connectivity index (χ1) is 27.7. The molecule has 0 bridgehead atoms. The maximum Gasteiger partial charge on any atom is 0.160 e. The molecule has 0 saturated carbocycles. The highest BCUT2D eigenvalue weighted by atomic mass is 16.5. The summed E-state index contributed by atoms with van der Waals surface area (Å²) in [4.78, 5) is 10.2. The monoisotopic (exact) mass is 716 g/mol. The second-order valence-electron chi connectivity index (χ2n) is 14.8. The van der Waals surface area contributed by atoms with Crippen molar-refractivity contribution in [2.45, 2.75) is 18.3 Å². The van der Waals surface area contributed by atoms with Gasteiger partial charge in [0.25, 0.3) is 0 Å². The molecule has 0 N–H and O–H groups in total. The van der Waals surface area contributed by atoms with Crippen LogP contribution >= 0.6 is 0 Å². The summed E-state index contributed by atoms with van der Waals surface area (Å²) in [6, 6.07) is 64.5. The third-order valence-electron chi connectivity index (χ3n) is 11.7. The van der Waals surface area contributed by atoms with Crippen molar-refractivity contribution in [2.24, 2.45) is 0 Å². The van der Waals surface area contributed by atoms with E-state index in [0.29, 0.717) is 5.82 Å². The van der Waals surface area contributed by atoms with Crippen molar-refractivity contribution in [1.29, 1.82) is 0 Å². The van der Waals surface area contributed by atoms with Gasteiger partial charge in [-0.3, -0.25) is 0 Å². The third kappa shape index (κ3) is 5.12. The summed E-state index contributed by atoms with van der Waals surface area (Å²) < 4.78 is 6.83. The highest BCUT2D eigenvalue weighted by Crippen LogP contribution is 2.63. The predicted octanol–water partition coefficient (Wildman–Crippen LogP) is 13.4. The molecule has 0 radical (unpaired) electrons. The van der Waals surface area contributed by atoms with Crippen molar-refractivity contribution in [3.8, 4) is 67.7 Å². The molecule has 264 valence electrons. The third-order valence-corrected chi connectivity index (χ3v) is 11.7. The molecule has 1 spiro atoms. The molecule has 7 aromatic carbocycles. The van der Waals surface area contributed by atoms with Gasteiger partial charge in [0, 0.05) is 27.8 Å². The first-order valence-corrected chi connectivity index (χ1v) is 19.4. The quantitative estimate of drug-likeness (QED) is 0.178. The average molecular weight is 717 g/mol. The molecule has 3 aliphatic rings. The van der Waals surface area contributed by atoms with Crippen molar-refractivity contribution >= 4 is 5.57 Å². The molecule has 2 aliphatic carbocycles. The summed E-state index contributed by atoms with van der Waals surface area (Å²) in [6.07, 6.45) is 6.72. The van der Waals surface area contributed by atoms with Crippen molar-refractivity contribution in [2.75, 3.05) is 0 Å². The standard InChI is InChI=1S/C53H36N2O/c1-3-15-35(16-4-1)48-34-49(36-17-5-2-6-18-36)55-52(54-48)41-22-14-21-39(32-41)37-19-13-20-38(31-37)40-29-30-47-51(33-40)56-50-28-12-11-27-46(50)53(47)44-25-9-7-23-42(44)43-24-8-10-26-45(43)53/h1-9,11-25,27-34H,10,26H2. The van der Waals surface area contributed by atoms with E-state index in [1.807, 2.05) is 36.4 Å². The lowest BCUT2D eigenvalue weighted by Gasteiger charge is -2.41. The number of allylic oxidation sites excluding steroid dienone is 4. The number of hydrogen-bond acceptors (Lipinski definition) is 3. The van der Waals surface area contributed by atoms with E-state index in [4.69, 9.17) is 14.7 Å². The minimum Gasteiger partial charge on any atom is -0.457 e. The Balaban J connectivity index is 0.997. The van der Waals surface area contributed by atoms with Crippen LogP contribution in [0.25, 0.3) is 61.7 Å². The van der Waals surface area contributed by atoms with Crippen LogP contribution < -0.4 is 4.74 Å². The number of aromatic nitrogens is 2. The highest BCUT2D eigenvalue weighted by molar-refractivity contribution is 5.92. The van der Waals surface area contributed by atoms with E-state index < -0.39 is 0 Å². The zero-order valence-corrected chi connectivity index (χ0v) is 30.7. The van der Waals surface area contributed by atoms with E-state index in [-0.39, 0.29) is 5.41 Å². The number of ether oxygens (including phenoxy) is 1. The van der Waals surface area contributed by atoms with E-state index in [1.54, 1.807) is 0 Å². The fourth-order valence-corrected chi connectivity index (χ4v) is 9.16. The lowest BCUT2D eigenvalue weighted by Crippen LogP contribution is -2.33. The van der Waals surface area contributed by atoms with Crippen LogP contribution in [0.1, 0.15) is 35.1 Å². The smallest absolute Gasteiger partial charge is 0.160 e. The molecular weight excluding hydrogens is 681 g/mol. The molecule has 3 nitrogen and oxygen atoms in total. The van der Waals surface area contributed by atoms with E-state index in [2.05, 4.69) is 158 Å². The maximum atomic E-state index is 6.83. The Morgan fingerprint density at radius 3 is 1.70 bits per heavy atom. The number of hydrogen-bond donors (Lipinski definition) is 0. The van der Waals surface area contributed by atoms with Gasteiger partial charge in [-0.1, -0.05) is 164 Å². The normalized spacial score (nSPS) is 16.1. The van der Waals surface area contributed by atoms with Crippen molar-refractivity contribution < 1.29 is 4.74 Å². The van der Waals surface area contributed by atoms with Gasteiger partial charge in [0.2, 0.25) is 0 Å². The predicted molar refractivity (Wildman–Crippen MR) is 227 cm³/mol. The fraction of sp³-hybridized carbons (Fsp3) is 0.0566. The molecule has 0 amide bonds. The fourth-order valence-electron chi connectivity index (χ4n) is 9.16. The zero-order valence-electron chi connectivity index (χ0n) is 30.7. The first-order valence-electron chi connectivity index (χ1n) is 19.4. The van der Waals surface area contributed by atoms with Crippen LogP contribution in [0.2, 0.25) is 0 Å². The SMILES string of the molecule is C1=CC2=C(CC1)C1(c3ccccc3Oc3cc(-c4cccc(-c5cccc(-c6nc(-c7ccccc7)cc(-c7ccccc7)n6)c5)c4)ccc31)c1ccccc12. The second-order valence-corrected chi connectivity index (χ2v) is 14.8. The van der Waals surface area contributed by atoms with Gasteiger partial charge in [-0.2, -0.15) is 0 Å². The zero-order chi connectivity index (χ0) is 37.1. The van der Waals surface area contributed by atoms with Crippen LogP contribution in [0, 0.1) is 0 Å². The molecular formula is C53H36N2O. The number of fused-ring (bicyclic) bond motifs is 8. The molecule has 2 heterocycles. The second kappa shape index (κ2) is 13.0. The largest absolute Gasteiger partial charge is 0.457 e. The van der Waals surface area contributed by atoms with Crippen molar-refractivity contribution in [3.63, 3.8) is 0 Å². The Bertz CT molecular complexity index is 2830. The molecule has 0 saturated heterocycles. The van der Waals surface area contributed by atoms with Crippen LogP contribution in [-0.4, -0.2) is 9.97 Å². The van der Waals surface area contributed by atoms with Gasteiger partial charge < -0.3 is 4.74 Å². The van der Waals surface area contributed by atoms with Crippen LogP contribution in [0.5, 0.6) is 11.5 Å². The molecule has 1 aromatic heterocycles. The van der Waals surface area contributed by atoms with Crippen LogP contribution in [0.15, 0.2) is 200 Å². The molecule has 0 fully saturated rings. The van der Waals surface area contributed by atoms with E-state index in [0.717, 1.165) is 74.7 Å². The average Bonchev–Trinajstić information content (AvgIpc) is 3.57. The molecule has 3 heteroatoms. The van der Waals surface area contributed by atoms with Crippen LogP contribution in [0.4, 0.5) is 0 Å². The summed E-state index contributed by atoms with van der Waals surface area (Å²) in [5.74, 6) is 2.54. The minimum atomic E-state index is -0.387. The number of benzene rings is 7. The Kier molecular flexibility index (Phi) is 7.53. The summed E-state index contributed by atoms with van der Waals surface area (Å²) in [5.41, 5.74) is 16.9. The summed E-state index contributed by atoms with van der Waals surface area (Å²) in [5, 5.41) is 0. The Morgan fingerprint density at radius 1 is 0.429 bits per heavy atom. The highest BCUT2D eigenvalue weighted by Gasteiger charge is 2.51. The van der Waals surface area contributed by atoms with Crippen molar-refractivity contribution in [1.82, 2.24) is 9.97 Å². The van der Waals surface area contributed by atoms with Crippen LogP contribution in [0.3, 0.4) is 0 Å². The first kappa shape index (κ1) is 32.3. The topological polar surface area (TPSA) is 35.0 Å². The van der Waals surface area contributed by atoms with Crippen molar-refractivity contribution in [3.05, 3.63) is 222 Å². The molecule has 56 heavy (non-hydrogen) atoms. The van der Waals surface area contributed by atoms with Gasteiger partial charge >= 0.3 is 0 Å². The molecule has 11 rings (SSSR count). The molecule has 8 aromatic rings. The molecule has 1 unspecified atom stereocenters. The Hall–Kier alpha value is -7.10. The minimum absolute atomic E-state index is 0.387. The van der Waals surface area contributed by atoms with Crippen LogP contribution in [-0.2, 0) is 5.41 Å². The molecule has 1 aliphatic heterocycles. The van der Waals surface area contributed by atoms with E-state index in [9.17, 15) is 0 Å². The summed E-state index contributed by atoms with van der Waals surface area (Å²) in [6.45, 7) is 0. The van der Waals surface area contributed by atoms with Gasteiger partial charge in [-0.25, -0.2) is 9.97 Å². The number of nitrogens with zero attached hydrogens (tertiary/aromatic N) is 2. The lowest BCUT2D eigenvalue weighted by atomic mass is 9.64. The number of rotatable bonds is 5. The van der Waals surface area contributed by atoms with E-state index in [1.165, 1.54) is 33.4 Å². The van der Waals surface area contributed by atoms with Gasteiger partial charge in [-0.15, -0.1) is 0 Å². The number of para-hydroxylation sites is 1. The summed E-state index contributed by atoms with van der Waals surface area (Å²) in [7, 11) is 0. The maximum absolute atomic E-state index is 6.83. The Labute approximate surface area is 327 Å². The van der Waals surface area contributed by atoms with Gasteiger partial charge in [-0.05, 0) is 87.7 Å².